The van der Waals surface area contributed by atoms with Crippen molar-refractivity contribution in [2.24, 2.45) is 5.92 Å². The molecule has 0 radical (unpaired) electrons. The molecule has 1 atom stereocenters. The van der Waals surface area contributed by atoms with Gasteiger partial charge in [-0.1, -0.05) is 44.2 Å². The van der Waals surface area contributed by atoms with Gasteiger partial charge in [-0.3, -0.25) is 9.59 Å². The number of rotatable bonds is 5. The molecule has 2 aromatic rings. The number of benzene rings is 2. The lowest BCUT2D eigenvalue weighted by Gasteiger charge is -2.20. The van der Waals surface area contributed by atoms with E-state index in [0.717, 1.165) is 29.8 Å². The second-order valence-corrected chi connectivity index (χ2v) is 6.43. The average molecular weight is 336 g/mol. The fraction of sp³-hybridized carbons (Fsp3) is 0.333. The maximum atomic E-state index is 12.6. The summed E-state index contributed by atoms with van der Waals surface area (Å²) in [5, 5.41) is 2.96. The third-order valence-corrected chi connectivity index (χ3v) is 4.76. The van der Waals surface area contributed by atoms with Crippen LogP contribution in [0.1, 0.15) is 31.4 Å². The molecular formula is C21H24N2O2. The Balaban J connectivity index is 1.72. The van der Waals surface area contributed by atoms with Crippen molar-refractivity contribution in [1.29, 1.82) is 0 Å². The van der Waals surface area contributed by atoms with Crippen molar-refractivity contribution in [3.8, 4) is 0 Å². The van der Waals surface area contributed by atoms with Gasteiger partial charge < -0.3 is 10.2 Å². The lowest BCUT2D eigenvalue weighted by Crippen LogP contribution is -2.28. The van der Waals surface area contributed by atoms with Crippen LogP contribution in [0, 0.1) is 5.92 Å². The number of carbonyl (C=O) groups excluding carboxylic acids is 2. The molecular weight excluding hydrogens is 312 g/mol. The van der Waals surface area contributed by atoms with Gasteiger partial charge in [-0.15, -0.1) is 0 Å². The molecule has 1 aliphatic rings. The molecule has 0 aliphatic carbocycles. The summed E-state index contributed by atoms with van der Waals surface area (Å²) in [6, 6.07) is 15.8. The molecule has 4 heteroatoms. The lowest BCUT2D eigenvalue weighted by molar-refractivity contribution is -0.122. The second-order valence-electron chi connectivity index (χ2n) is 6.43. The van der Waals surface area contributed by atoms with Crippen LogP contribution in [-0.4, -0.2) is 18.4 Å². The summed E-state index contributed by atoms with van der Waals surface area (Å²) in [6.45, 7) is 4.60. The molecule has 2 amide bonds. The van der Waals surface area contributed by atoms with E-state index in [2.05, 4.69) is 19.2 Å². The highest BCUT2D eigenvalue weighted by Gasteiger charge is 2.35. The minimum Gasteiger partial charge on any atom is -0.326 e. The van der Waals surface area contributed by atoms with Crippen LogP contribution in [0.5, 0.6) is 0 Å². The van der Waals surface area contributed by atoms with Crippen LogP contribution in [-0.2, 0) is 22.4 Å². The van der Waals surface area contributed by atoms with E-state index in [1.165, 1.54) is 5.56 Å². The van der Waals surface area contributed by atoms with Crippen molar-refractivity contribution in [1.82, 2.24) is 0 Å². The topological polar surface area (TPSA) is 49.4 Å². The van der Waals surface area contributed by atoms with Gasteiger partial charge >= 0.3 is 0 Å². The Hall–Kier alpha value is -2.62. The Kier molecular flexibility index (Phi) is 5.17. The van der Waals surface area contributed by atoms with Crippen LogP contribution in [0.3, 0.4) is 0 Å². The summed E-state index contributed by atoms with van der Waals surface area (Å²) in [5.41, 5.74) is 4.04. The molecule has 130 valence electrons. The van der Waals surface area contributed by atoms with Crippen LogP contribution in [0.15, 0.2) is 48.5 Å². The maximum absolute atomic E-state index is 12.6. The number of nitrogens with one attached hydrogen (secondary N) is 1. The summed E-state index contributed by atoms with van der Waals surface area (Å²) in [5.74, 6) is -0.385. The number of anilines is 2. The Bertz CT molecular complexity index is 785. The summed E-state index contributed by atoms with van der Waals surface area (Å²) < 4.78 is 0. The number of amides is 2. The highest BCUT2D eigenvalue weighted by Crippen LogP contribution is 2.29. The number of aryl methyl sites for hydroxylation is 2. The van der Waals surface area contributed by atoms with Gasteiger partial charge in [0.2, 0.25) is 11.8 Å². The third-order valence-electron chi connectivity index (χ3n) is 4.76. The van der Waals surface area contributed by atoms with Gasteiger partial charge in [-0.25, -0.2) is 0 Å². The monoisotopic (exact) mass is 336 g/mol. The number of hydrogen-bond acceptors (Lipinski definition) is 2. The molecule has 1 N–H and O–H groups in total. The van der Waals surface area contributed by atoms with Crippen LogP contribution >= 0.6 is 0 Å². The summed E-state index contributed by atoms with van der Waals surface area (Å²) in [6.07, 6.45) is 2.05. The number of para-hydroxylation sites is 1. The zero-order valence-corrected chi connectivity index (χ0v) is 14.8. The van der Waals surface area contributed by atoms with E-state index in [4.69, 9.17) is 0 Å². The van der Waals surface area contributed by atoms with Crippen molar-refractivity contribution in [3.63, 3.8) is 0 Å². The second kappa shape index (κ2) is 7.51. The Morgan fingerprint density at radius 3 is 2.68 bits per heavy atom. The number of nitrogens with zero attached hydrogens (tertiary/aromatic N) is 1. The normalized spacial score (nSPS) is 17.0. The molecule has 3 rings (SSSR count). The minimum atomic E-state index is -0.317. The van der Waals surface area contributed by atoms with Gasteiger partial charge in [0, 0.05) is 24.3 Å². The first-order valence-corrected chi connectivity index (χ1v) is 8.90. The molecule has 0 unspecified atom stereocenters. The van der Waals surface area contributed by atoms with Crippen molar-refractivity contribution in [2.45, 2.75) is 33.1 Å². The van der Waals surface area contributed by atoms with E-state index >= 15 is 0 Å². The summed E-state index contributed by atoms with van der Waals surface area (Å²) >= 11 is 0. The molecule has 1 aliphatic heterocycles. The predicted octanol–water partition coefficient (Wildman–Crippen LogP) is 3.80. The molecule has 2 aromatic carbocycles. The fourth-order valence-corrected chi connectivity index (χ4v) is 3.30. The van der Waals surface area contributed by atoms with Crippen molar-refractivity contribution in [2.75, 3.05) is 16.8 Å². The first-order chi connectivity index (χ1) is 12.1. The van der Waals surface area contributed by atoms with E-state index < -0.39 is 0 Å². The molecule has 0 aromatic heterocycles. The zero-order chi connectivity index (χ0) is 17.8. The van der Waals surface area contributed by atoms with Crippen LogP contribution in [0.25, 0.3) is 0 Å². The fourth-order valence-electron chi connectivity index (χ4n) is 3.30. The number of hydrogen-bond donors (Lipinski definition) is 1. The smallest absolute Gasteiger partial charge is 0.229 e. The Labute approximate surface area is 148 Å². The van der Waals surface area contributed by atoms with E-state index in [0.29, 0.717) is 6.54 Å². The van der Waals surface area contributed by atoms with Gasteiger partial charge in [0.05, 0.1) is 5.92 Å². The standard InChI is InChI=1S/C21H24N2O2/c1-3-15-8-7-10-18(12-15)22-21(25)17-13-20(24)23(14-17)19-11-6-5-9-16(19)4-2/h5-12,17H,3-4,13-14H2,1-2H3,(H,22,25)/t17-/m1/s1. The van der Waals surface area contributed by atoms with Crippen molar-refractivity contribution < 1.29 is 9.59 Å². The highest BCUT2D eigenvalue weighted by molar-refractivity contribution is 6.03. The van der Waals surface area contributed by atoms with Gasteiger partial charge in [0.15, 0.2) is 0 Å². The molecule has 1 saturated heterocycles. The molecule has 0 bridgehead atoms. The van der Waals surface area contributed by atoms with E-state index in [-0.39, 0.29) is 24.2 Å². The third kappa shape index (κ3) is 3.73. The first-order valence-electron chi connectivity index (χ1n) is 8.90. The Morgan fingerprint density at radius 1 is 1.12 bits per heavy atom. The summed E-state index contributed by atoms with van der Waals surface area (Å²) in [4.78, 5) is 26.8. The molecule has 0 saturated carbocycles. The number of carbonyl (C=O) groups is 2. The lowest BCUT2D eigenvalue weighted by atomic mass is 10.1. The van der Waals surface area contributed by atoms with Gasteiger partial charge in [0.25, 0.3) is 0 Å². The van der Waals surface area contributed by atoms with Crippen molar-refractivity contribution >= 4 is 23.2 Å². The van der Waals surface area contributed by atoms with Gasteiger partial charge in [0.1, 0.15) is 0 Å². The summed E-state index contributed by atoms with van der Waals surface area (Å²) in [7, 11) is 0. The molecule has 1 fully saturated rings. The van der Waals surface area contributed by atoms with Crippen LogP contribution < -0.4 is 10.2 Å². The van der Waals surface area contributed by atoms with E-state index in [1.54, 1.807) is 4.90 Å². The van der Waals surface area contributed by atoms with Gasteiger partial charge in [-0.2, -0.15) is 0 Å². The molecule has 25 heavy (non-hydrogen) atoms. The zero-order valence-electron chi connectivity index (χ0n) is 14.8. The molecule has 0 spiro atoms. The maximum Gasteiger partial charge on any atom is 0.229 e. The molecule has 1 heterocycles. The van der Waals surface area contributed by atoms with Crippen LogP contribution in [0.2, 0.25) is 0 Å². The minimum absolute atomic E-state index is 0.0170. The average Bonchev–Trinajstić information content (AvgIpc) is 3.03. The SMILES string of the molecule is CCc1cccc(NC(=O)[C@@H]2CC(=O)N(c3ccccc3CC)C2)c1. The Morgan fingerprint density at radius 2 is 1.92 bits per heavy atom. The van der Waals surface area contributed by atoms with Crippen molar-refractivity contribution in [3.05, 3.63) is 59.7 Å². The largest absolute Gasteiger partial charge is 0.326 e. The quantitative estimate of drug-likeness (QED) is 0.903. The van der Waals surface area contributed by atoms with E-state index in [9.17, 15) is 9.59 Å². The highest BCUT2D eigenvalue weighted by atomic mass is 16.2. The molecule has 4 nitrogen and oxygen atoms in total. The van der Waals surface area contributed by atoms with Gasteiger partial charge in [-0.05, 0) is 42.2 Å². The van der Waals surface area contributed by atoms with E-state index in [1.807, 2.05) is 48.5 Å². The first kappa shape index (κ1) is 17.2. The predicted molar refractivity (Wildman–Crippen MR) is 101 cm³/mol. The van der Waals surface area contributed by atoms with Crippen LogP contribution in [0.4, 0.5) is 11.4 Å².